The summed E-state index contributed by atoms with van der Waals surface area (Å²) in [5.74, 6) is -0.495. The molecule has 6 nitrogen and oxygen atoms in total. The first kappa shape index (κ1) is 60.1. The molecule has 0 aliphatic heterocycles. The highest BCUT2D eigenvalue weighted by molar-refractivity contribution is 5.77. The van der Waals surface area contributed by atoms with E-state index < -0.39 is 18.2 Å². The number of esters is 1. The first-order chi connectivity index (χ1) is 30.5. The van der Waals surface area contributed by atoms with Gasteiger partial charge in [0.1, 0.15) is 6.10 Å². The van der Waals surface area contributed by atoms with Crippen molar-refractivity contribution in [2.24, 2.45) is 0 Å². The van der Waals surface area contributed by atoms with Crippen LogP contribution >= 0.6 is 0 Å². The molecule has 0 saturated heterocycles. The predicted molar refractivity (Wildman–Crippen MR) is 269 cm³/mol. The number of nitrogens with one attached hydrogen (secondary N) is 1. The normalized spacial score (nSPS) is 13.4. The molecule has 0 heterocycles. The topological polar surface area (TPSA) is 95.9 Å². The molecule has 6 heteroatoms. The fourth-order valence-electron chi connectivity index (χ4n) is 8.37. The third kappa shape index (κ3) is 44.7. The number of carbonyl (C=O) groups is 2. The van der Waals surface area contributed by atoms with Gasteiger partial charge in [-0.15, -0.1) is 0 Å². The highest BCUT2D eigenvalue weighted by atomic mass is 16.5. The molecular formula is C56H105NO5. The lowest BCUT2D eigenvalue weighted by Gasteiger charge is -2.24. The number of aliphatic hydroxyl groups is 2. The molecule has 0 fully saturated rings. The molecular weight excluding hydrogens is 767 g/mol. The number of amides is 1. The van der Waals surface area contributed by atoms with Gasteiger partial charge in [-0.1, -0.05) is 256 Å². The largest absolute Gasteiger partial charge is 0.462 e. The third-order valence-electron chi connectivity index (χ3n) is 12.5. The van der Waals surface area contributed by atoms with Crippen LogP contribution in [0.1, 0.15) is 284 Å². The van der Waals surface area contributed by atoms with Crippen LogP contribution in [0.3, 0.4) is 0 Å². The lowest BCUT2D eigenvalue weighted by Crippen LogP contribution is -2.46. The Morgan fingerprint density at radius 3 is 1.24 bits per heavy atom. The van der Waals surface area contributed by atoms with E-state index in [1.165, 1.54) is 167 Å². The second kappa shape index (κ2) is 50.1. The van der Waals surface area contributed by atoms with Gasteiger partial charge in [0.05, 0.1) is 25.2 Å². The summed E-state index contributed by atoms with van der Waals surface area (Å²) in [7, 11) is 0. The van der Waals surface area contributed by atoms with Crippen LogP contribution in [0.15, 0.2) is 36.5 Å². The van der Waals surface area contributed by atoms with Crippen LogP contribution in [0.2, 0.25) is 0 Å². The smallest absolute Gasteiger partial charge is 0.306 e. The summed E-state index contributed by atoms with van der Waals surface area (Å²) < 4.78 is 5.93. The van der Waals surface area contributed by atoms with Crippen molar-refractivity contribution in [1.29, 1.82) is 0 Å². The molecule has 0 aromatic rings. The Bertz CT molecular complexity index is 1020. The zero-order valence-corrected chi connectivity index (χ0v) is 41.5. The fraction of sp³-hybridized carbons (Fsp3) is 0.857. The van der Waals surface area contributed by atoms with Gasteiger partial charge in [0.25, 0.3) is 0 Å². The van der Waals surface area contributed by atoms with Crippen molar-refractivity contribution in [3.05, 3.63) is 36.5 Å². The SMILES string of the molecule is CCCCCCC/C=C/C=C/C=C/CCCCCC(CC(=O)NC(CO)C(O)CCCCCCCCCCCC)OC(=O)CCCCCCCCCCCCCCCCCCC. The lowest BCUT2D eigenvalue weighted by atomic mass is 10.0. The van der Waals surface area contributed by atoms with Crippen LogP contribution in [-0.2, 0) is 14.3 Å². The average Bonchev–Trinajstić information content (AvgIpc) is 3.26. The van der Waals surface area contributed by atoms with E-state index in [4.69, 9.17) is 4.74 Å². The highest BCUT2D eigenvalue weighted by Gasteiger charge is 2.24. The molecule has 0 radical (unpaired) electrons. The van der Waals surface area contributed by atoms with Gasteiger partial charge in [0, 0.05) is 6.42 Å². The number of aliphatic hydroxyl groups excluding tert-OH is 2. The van der Waals surface area contributed by atoms with Gasteiger partial charge in [0.2, 0.25) is 5.91 Å². The van der Waals surface area contributed by atoms with Crippen LogP contribution in [0.4, 0.5) is 0 Å². The van der Waals surface area contributed by atoms with Crippen molar-refractivity contribution in [2.45, 2.75) is 302 Å². The summed E-state index contributed by atoms with van der Waals surface area (Å²) in [6.07, 6.45) is 59.2. The molecule has 0 aliphatic rings. The Morgan fingerprint density at radius 2 is 0.823 bits per heavy atom. The number of rotatable bonds is 49. The molecule has 3 atom stereocenters. The minimum absolute atomic E-state index is 0.0587. The van der Waals surface area contributed by atoms with Crippen molar-refractivity contribution >= 4 is 11.9 Å². The van der Waals surface area contributed by atoms with Gasteiger partial charge in [-0.05, 0) is 51.4 Å². The summed E-state index contributed by atoms with van der Waals surface area (Å²) >= 11 is 0. The van der Waals surface area contributed by atoms with E-state index in [0.717, 1.165) is 70.6 Å². The van der Waals surface area contributed by atoms with E-state index in [9.17, 15) is 19.8 Å². The molecule has 62 heavy (non-hydrogen) atoms. The maximum Gasteiger partial charge on any atom is 0.306 e. The lowest BCUT2D eigenvalue weighted by molar-refractivity contribution is -0.151. The molecule has 0 aromatic carbocycles. The summed E-state index contributed by atoms with van der Waals surface area (Å²) in [5.41, 5.74) is 0. The summed E-state index contributed by atoms with van der Waals surface area (Å²) in [6, 6.07) is -0.709. The molecule has 0 rings (SSSR count). The first-order valence-corrected chi connectivity index (χ1v) is 27.2. The molecule has 0 aromatic heterocycles. The Morgan fingerprint density at radius 1 is 0.468 bits per heavy atom. The van der Waals surface area contributed by atoms with Crippen LogP contribution in [0.5, 0.6) is 0 Å². The number of hydrogen-bond donors (Lipinski definition) is 3. The zero-order chi connectivity index (χ0) is 45.2. The molecule has 0 saturated carbocycles. The van der Waals surface area contributed by atoms with Crippen LogP contribution < -0.4 is 5.32 Å². The monoisotopic (exact) mass is 872 g/mol. The molecule has 0 aliphatic carbocycles. The molecule has 0 spiro atoms. The van der Waals surface area contributed by atoms with E-state index in [1.807, 2.05) is 0 Å². The van der Waals surface area contributed by atoms with E-state index >= 15 is 0 Å². The van der Waals surface area contributed by atoms with E-state index in [0.29, 0.717) is 19.3 Å². The van der Waals surface area contributed by atoms with Crippen molar-refractivity contribution < 1.29 is 24.5 Å². The maximum absolute atomic E-state index is 13.2. The second-order valence-corrected chi connectivity index (χ2v) is 18.7. The Labute approximate surface area is 385 Å². The number of allylic oxidation sites excluding steroid dienone is 6. The van der Waals surface area contributed by atoms with E-state index in [-0.39, 0.29) is 24.9 Å². The van der Waals surface area contributed by atoms with Gasteiger partial charge in [-0.25, -0.2) is 0 Å². The number of hydrogen-bond acceptors (Lipinski definition) is 5. The average molecular weight is 872 g/mol. The van der Waals surface area contributed by atoms with Gasteiger partial charge in [0.15, 0.2) is 0 Å². The Kier molecular flexibility index (Phi) is 48.5. The zero-order valence-electron chi connectivity index (χ0n) is 41.5. The highest BCUT2D eigenvalue weighted by Crippen LogP contribution is 2.18. The van der Waals surface area contributed by atoms with Crippen LogP contribution in [-0.4, -0.2) is 46.9 Å². The molecule has 364 valence electrons. The van der Waals surface area contributed by atoms with Crippen molar-refractivity contribution in [3.63, 3.8) is 0 Å². The minimum Gasteiger partial charge on any atom is -0.462 e. The Hall–Kier alpha value is -1.92. The maximum atomic E-state index is 13.2. The standard InChI is InChI=1S/C56H105NO5/c1-4-7-10-13-16-19-22-24-26-28-30-32-34-37-40-43-46-49-56(61)62-52(47-44-41-38-35-33-31-29-27-25-23-20-17-14-11-8-5-2)50-55(60)57-53(51-58)54(59)48-45-42-39-36-21-18-15-12-9-6-3/h23,25,27,29,31,33,52-54,58-59H,4-22,24,26,28,30,32,34-51H2,1-3H3,(H,57,60)/b25-23+,29-27+,33-31+. The van der Waals surface area contributed by atoms with E-state index in [2.05, 4.69) is 62.5 Å². The number of unbranched alkanes of at least 4 members (excludes halogenated alkanes) is 33. The van der Waals surface area contributed by atoms with Crippen molar-refractivity contribution in [1.82, 2.24) is 5.32 Å². The van der Waals surface area contributed by atoms with Crippen LogP contribution in [0, 0.1) is 0 Å². The Balaban J connectivity index is 4.60. The van der Waals surface area contributed by atoms with Gasteiger partial charge in [-0.2, -0.15) is 0 Å². The first-order valence-electron chi connectivity index (χ1n) is 27.2. The van der Waals surface area contributed by atoms with Crippen molar-refractivity contribution in [3.8, 4) is 0 Å². The quantitative estimate of drug-likeness (QED) is 0.0321. The molecule has 3 unspecified atom stereocenters. The van der Waals surface area contributed by atoms with Gasteiger partial charge in [-0.3, -0.25) is 9.59 Å². The summed E-state index contributed by atoms with van der Waals surface area (Å²) in [6.45, 7) is 6.47. The third-order valence-corrected chi connectivity index (χ3v) is 12.5. The van der Waals surface area contributed by atoms with Crippen LogP contribution in [0.25, 0.3) is 0 Å². The predicted octanol–water partition coefficient (Wildman–Crippen LogP) is 16.5. The van der Waals surface area contributed by atoms with E-state index in [1.54, 1.807) is 0 Å². The van der Waals surface area contributed by atoms with Gasteiger partial charge < -0.3 is 20.3 Å². The minimum atomic E-state index is -0.794. The summed E-state index contributed by atoms with van der Waals surface area (Å²) in [5, 5.41) is 23.7. The number of ether oxygens (including phenoxy) is 1. The second-order valence-electron chi connectivity index (χ2n) is 18.7. The molecule has 0 bridgehead atoms. The number of carbonyl (C=O) groups excluding carboxylic acids is 2. The summed E-state index contributed by atoms with van der Waals surface area (Å²) in [4.78, 5) is 26.2. The molecule has 1 amide bonds. The van der Waals surface area contributed by atoms with Gasteiger partial charge >= 0.3 is 5.97 Å². The van der Waals surface area contributed by atoms with Crippen molar-refractivity contribution in [2.75, 3.05) is 6.61 Å². The molecule has 3 N–H and O–H groups in total. The fourth-order valence-corrected chi connectivity index (χ4v) is 8.37.